The van der Waals surface area contributed by atoms with Crippen LogP contribution in [0.3, 0.4) is 0 Å². The van der Waals surface area contributed by atoms with Crippen LogP contribution in [0.2, 0.25) is 0 Å². The third-order valence-electron chi connectivity index (χ3n) is 14.3. The number of ether oxygens (including phenoxy) is 4. The average Bonchev–Trinajstić information content (AvgIpc) is 4.15. The van der Waals surface area contributed by atoms with Crippen molar-refractivity contribution in [2.45, 2.75) is 89.9 Å². The van der Waals surface area contributed by atoms with Crippen LogP contribution >= 0.6 is 0 Å². The smallest absolute Gasteiger partial charge is 0.260 e. The highest BCUT2D eigenvalue weighted by molar-refractivity contribution is 6.13. The Bertz CT molecular complexity index is 3240. The van der Waals surface area contributed by atoms with Crippen LogP contribution in [0.15, 0.2) is 125 Å². The number of aliphatic imine (C=N–C) groups is 2. The van der Waals surface area contributed by atoms with Crippen molar-refractivity contribution < 1.29 is 52.5 Å². The molecule has 80 heavy (non-hydrogen) atoms. The van der Waals surface area contributed by atoms with Crippen LogP contribution in [0, 0.1) is 5.92 Å². The molecule has 414 valence electrons. The van der Waals surface area contributed by atoms with Gasteiger partial charge in [-0.1, -0.05) is 74.9 Å². The first-order valence-corrected chi connectivity index (χ1v) is 26.8. The molecule has 0 aromatic heterocycles. The average molecular weight is 1090 g/mol. The summed E-state index contributed by atoms with van der Waals surface area (Å²) in [4.78, 5) is 105. The van der Waals surface area contributed by atoms with E-state index in [2.05, 4.69) is 16.0 Å². The van der Waals surface area contributed by atoms with E-state index >= 15 is 0 Å². The second kappa shape index (κ2) is 25.1. The molecule has 0 unspecified atom stereocenters. The van der Waals surface area contributed by atoms with Gasteiger partial charge in [0.1, 0.15) is 12.1 Å². The minimum absolute atomic E-state index is 0.163. The Balaban J connectivity index is 0.736. The molecule has 4 aromatic carbocycles. The molecular weight excluding hydrogens is 1020 g/mol. The van der Waals surface area contributed by atoms with Gasteiger partial charge in [0.2, 0.25) is 17.7 Å². The molecule has 0 saturated heterocycles. The number of rotatable bonds is 23. The summed E-state index contributed by atoms with van der Waals surface area (Å²) in [5.41, 5.74) is 6.04. The molecule has 5 aliphatic heterocycles. The molecule has 7 amide bonds. The van der Waals surface area contributed by atoms with E-state index in [0.717, 1.165) is 27.2 Å². The number of anilines is 1. The lowest BCUT2D eigenvalue weighted by Crippen LogP contribution is -2.53. The van der Waals surface area contributed by atoms with E-state index in [1.807, 2.05) is 67.0 Å². The van der Waals surface area contributed by atoms with Crippen molar-refractivity contribution in [3.8, 4) is 23.0 Å². The number of carbonyl (C=O) groups is 7. The van der Waals surface area contributed by atoms with E-state index in [4.69, 9.17) is 28.9 Å². The summed E-state index contributed by atoms with van der Waals surface area (Å²) >= 11 is 0. The summed E-state index contributed by atoms with van der Waals surface area (Å²) in [5.74, 6) is -0.987. The molecule has 3 N–H and O–H groups in total. The monoisotopic (exact) mass is 1080 g/mol. The zero-order chi connectivity index (χ0) is 56.5. The summed E-state index contributed by atoms with van der Waals surface area (Å²) in [5, 5.41) is 8.34. The molecule has 0 fully saturated rings. The number of nitrogens with one attached hydrogen (secondary N) is 3. The largest absolute Gasteiger partial charge is 0.493 e. The molecule has 0 bridgehead atoms. The Kier molecular flexibility index (Phi) is 17.5. The highest BCUT2D eigenvalue weighted by Gasteiger charge is 2.35. The van der Waals surface area contributed by atoms with E-state index in [1.54, 1.807) is 79.4 Å². The van der Waals surface area contributed by atoms with Gasteiger partial charge in [0.05, 0.1) is 62.0 Å². The van der Waals surface area contributed by atoms with E-state index in [0.29, 0.717) is 89.7 Å². The SMILES string of the molecule is COc1cc2c(cc1OCCCOc1cc3c(cc1OC)C(=O)N1C=C(c4ccc(NC(=O)[C@H](C)NC(=O)[C@@H](NC(=O)CCCCCN5C(=O)C=CC5=O)C(C)C)cc4)C[C@H]1C=N3)N=C[C@@H]1CC(C=Cc3ccccc3)=CN1C2=O. The summed E-state index contributed by atoms with van der Waals surface area (Å²) in [7, 11) is 3.03. The van der Waals surface area contributed by atoms with Gasteiger partial charge in [-0.2, -0.15) is 0 Å². The van der Waals surface area contributed by atoms with E-state index < -0.39 is 23.9 Å². The van der Waals surface area contributed by atoms with Crippen LogP contribution in [-0.2, 0) is 24.0 Å². The van der Waals surface area contributed by atoms with Crippen molar-refractivity contribution in [2.75, 3.05) is 39.3 Å². The number of allylic oxidation sites excluding steroid dienone is 1. The standard InChI is InChI=1S/C61H64N8O11/c1-37(2)57(66-54(70)15-10-7-11-24-67-55(71)22-23-56(67)72)59(74)64-38(3)58(73)65-43-20-18-41(19-21-43)42-28-45-34-63-49-32-53(51(78-5)30-47(49)61(76)69(45)36-42)80-26-12-25-79-52-31-48-46(29-50(52)77-4)60(75)68-35-40(27-44(68)33-62-48)17-16-39-13-8-6-9-14-39/h6,8-9,13-14,16-23,29-38,44-45,57H,7,10-12,15,24-28H2,1-5H3,(H,64,74)(H,65,73)(H,66,70)/t38-,44-,45-,57-/m0/s1. The van der Waals surface area contributed by atoms with Crippen LogP contribution in [-0.4, -0.2) is 127 Å². The third-order valence-corrected chi connectivity index (χ3v) is 14.3. The Hall–Kier alpha value is -9.13. The minimum atomic E-state index is -0.925. The predicted octanol–water partition coefficient (Wildman–Crippen LogP) is 8.12. The number of hydrogen-bond acceptors (Lipinski definition) is 13. The minimum Gasteiger partial charge on any atom is -0.493 e. The molecule has 0 aliphatic carbocycles. The molecule has 5 aliphatic rings. The summed E-state index contributed by atoms with van der Waals surface area (Å²) < 4.78 is 23.7. The van der Waals surface area contributed by atoms with Crippen LogP contribution in [0.4, 0.5) is 17.1 Å². The van der Waals surface area contributed by atoms with Crippen LogP contribution in [0.5, 0.6) is 23.0 Å². The Morgan fingerprint density at radius 1 is 0.662 bits per heavy atom. The topological polar surface area (TPSA) is 227 Å². The number of nitrogens with zero attached hydrogens (tertiary/aromatic N) is 5. The first kappa shape index (κ1) is 55.6. The van der Waals surface area contributed by atoms with Crippen LogP contribution in [0.25, 0.3) is 11.6 Å². The maximum atomic E-state index is 14.1. The third kappa shape index (κ3) is 12.9. The van der Waals surface area contributed by atoms with E-state index in [9.17, 15) is 33.6 Å². The maximum Gasteiger partial charge on any atom is 0.260 e. The van der Waals surface area contributed by atoms with Gasteiger partial charge < -0.3 is 44.7 Å². The summed E-state index contributed by atoms with van der Waals surface area (Å²) in [6, 6.07) is 21.6. The Morgan fingerprint density at radius 2 is 1.26 bits per heavy atom. The first-order valence-electron chi connectivity index (χ1n) is 26.8. The summed E-state index contributed by atoms with van der Waals surface area (Å²) in [6.07, 6.45) is 17.2. The van der Waals surface area contributed by atoms with Gasteiger partial charge in [0, 0.05) is 80.6 Å². The van der Waals surface area contributed by atoms with Crippen molar-refractivity contribution in [3.63, 3.8) is 0 Å². The fraction of sp³-hybridized carbons (Fsp3) is 0.328. The van der Waals surface area contributed by atoms with Crippen molar-refractivity contribution >= 4 is 82.5 Å². The first-order chi connectivity index (χ1) is 38.7. The Morgan fingerprint density at radius 3 is 1.86 bits per heavy atom. The van der Waals surface area contributed by atoms with Gasteiger partial charge in [0.15, 0.2) is 23.0 Å². The number of methoxy groups -OCH3 is 2. The van der Waals surface area contributed by atoms with Crippen molar-refractivity contribution in [2.24, 2.45) is 15.9 Å². The molecule has 0 saturated carbocycles. The Labute approximate surface area is 464 Å². The maximum absolute atomic E-state index is 14.1. The van der Waals surface area contributed by atoms with Gasteiger partial charge in [-0.25, -0.2) is 0 Å². The van der Waals surface area contributed by atoms with Crippen LogP contribution < -0.4 is 34.9 Å². The summed E-state index contributed by atoms with van der Waals surface area (Å²) in [6.45, 7) is 5.95. The van der Waals surface area contributed by atoms with Gasteiger partial charge in [-0.3, -0.25) is 48.4 Å². The van der Waals surface area contributed by atoms with Crippen LogP contribution in [0.1, 0.15) is 97.6 Å². The molecule has 0 spiro atoms. The highest BCUT2D eigenvalue weighted by atomic mass is 16.5. The number of hydrogen-bond donors (Lipinski definition) is 3. The number of imide groups is 1. The van der Waals surface area contributed by atoms with Gasteiger partial charge in [-0.15, -0.1) is 0 Å². The molecule has 4 atom stereocenters. The molecule has 4 aromatic rings. The second-order valence-corrected chi connectivity index (χ2v) is 20.3. The zero-order valence-corrected chi connectivity index (χ0v) is 45.3. The molecule has 19 heteroatoms. The number of unbranched alkanes of at least 4 members (excludes halogenated alkanes) is 2. The number of fused-ring (bicyclic) bond motifs is 4. The van der Waals surface area contributed by atoms with Gasteiger partial charge >= 0.3 is 0 Å². The lowest BCUT2D eigenvalue weighted by atomic mass is 10.0. The number of amides is 7. The van der Waals surface area contributed by atoms with Gasteiger partial charge in [0.25, 0.3) is 23.6 Å². The molecule has 19 nitrogen and oxygen atoms in total. The van der Waals surface area contributed by atoms with Crippen molar-refractivity contribution in [3.05, 3.63) is 137 Å². The number of benzene rings is 4. The molecule has 9 rings (SSSR count). The fourth-order valence-corrected chi connectivity index (χ4v) is 9.83. The second-order valence-electron chi connectivity index (χ2n) is 20.3. The molecule has 5 heterocycles. The quantitative estimate of drug-likeness (QED) is 0.0475. The van der Waals surface area contributed by atoms with Gasteiger partial charge in [-0.05, 0) is 78.6 Å². The lowest BCUT2D eigenvalue weighted by molar-refractivity contribution is -0.137. The van der Waals surface area contributed by atoms with Crippen molar-refractivity contribution in [1.82, 2.24) is 25.3 Å². The predicted molar refractivity (Wildman–Crippen MR) is 302 cm³/mol. The van der Waals surface area contributed by atoms with E-state index in [-0.39, 0.29) is 73.7 Å². The van der Waals surface area contributed by atoms with Crippen molar-refractivity contribution in [1.29, 1.82) is 0 Å². The molecular formula is C61H64N8O11. The molecule has 0 radical (unpaired) electrons. The van der Waals surface area contributed by atoms with E-state index in [1.165, 1.54) is 26.4 Å². The zero-order valence-electron chi connectivity index (χ0n) is 45.3. The fourth-order valence-electron chi connectivity index (χ4n) is 9.83. The number of carbonyl (C=O) groups excluding carboxylic acids is 7. The normalized spacial score (nSPS) is 17.8. The highest BCUT2D eigenvalue weighted by Crippen LogP contribution is 2.41. The lowest BCUT2D eigenvalue weighted by Gasteiger charge is -2.24.